The lowest BCUT2D eigenvalue weighted by Crippen LogP contribution is -2.44. The lowest BCUT2D eigenvalue weighted by Gasteiger charge is -2.42. The lowest BCUT2D eigenvalue weighted by molar-refractivity contribution is 0.186. The van der Waals surface area contributed by atoms with Crippen LogP contribution in [0.1, 0.15) is 36.8 Å². The number of methoxy groups -OCH3 is 1. The number of fused-ring (bicyclic) bond motifs is 3. The summed E-state index contributed by atoms with van der Waals surface area (Å²) in [7, 11) is 1.64. The molecule has 0 saturated heterocycles. The van der Waals surface area contributed by atoms with Crippen LogP contribution in [0.25, 0.3) is 0 Å². The van der Waals surface area contributed by atoms with E-state index in [1.165, 1.54) is 23.3 Å². The van der Waals surface area contributed by atoms with Crippen LogP contribution < -0.4 is 4.74 Å². The summed E-state index contributed by atoms with van der Waals surface area (Å²) in [4.78, 5) is 4.14. The van der Waals surface area contributed by atoms with Crippen LogP contribution in [0.4, 0.5) is 0 Å². The molecular formula is C21H26ClNO2S. The van der Waals surface area contributed by atoms with Crippen molar-refractivity contribution in [2.75, 3.05) is 25.3 Å². The monoisotopic (exact) mass is 391 g/mol. The molecule has 1 aromatic carbocycles. The van der Waals surface area contributed by atoms with Crippen molar-refractivity contribution in [2.45, 2.75) is 44.7 Å². The van der Waals surface area contributed by atoms with E-state index in [1.54, 1.807) is 23.7 Å². The zero-order valence-corrected chi connectivity index (χ0v) is 16.8. The number of alkyl halides is 1. The number of phenolic OH excluding ortho intramolecular Hbond substituents is 1. The molecule has 3 heterocycles. The molecule has 0 aromatic heterocycles. The summed E-state index contributed by atoms with van der Waals surface area (Å²) in [5, 5.41) is 10.1. The molecule has 3 aliphatic rings. The number of rotatable bonds is 4. The second-order valence-corrected chi connectivity index (χ2v) is 8.84. The summed E-state index contributed by atoms with van der Waals surface area (Å²) in [6.07, 6.45) is 7.97. The molecule has 26 heavy (non-hydrogen) atoms. The first-order valence-electron chi connectivity index (χ1n) is 9.44. The zero-order valence-electron chi connectivity index (χ0n) is 15.3. The summed E-state index contributed by atoms with van der Waals surface area (Å²) >= 11 is 7.98. The largest absolute Gasteiger partial charge is 0.504 e. The fourth-order valence-electron chi connectivity index (χ4n) is 4.44. The molecule has 3 aliphatic heterocycles. The van der Waals surface area contributed by atoms with Gasteiger partial charge in [0.1, 0.15) is 0 Å². The standard InChI is InChI=1S/C21H26ClNO2S/c1-25-21-17-13-23-9-6-20-16(11-14(3-2-8-22)7-10-26-20)18(23)12-15(17)4-5-19(21)24/h4-5,11,18,24H,2-3,6-10,12-13H2,1H3/t18-/m0/s1. The number of halogens is 1. The van der Waals surface area contributed by atoms with Crippen LogP contribution in [0.3, 0.4) is 0 Å². The molecule has 0 bridgehead atoms. The van der Waals surface area contributed by atoms with Crippen molar-refractivity contribution in [1.82, 2.24) is 4.90 Å². The quantitative estimate of drug-likeness (QED) is 0.742. The molecule has 3 nitrogen and oxygen atoms in total. The molecule has 0 spiro atoms. The van der Waals surface area contributed by atoms with Crippen LogP contribution in [-0.4, -0.2) is 41.3 Å². The van der Waals surface area contributed by atoms with Crippen LogP contribution in [0.5, 0.6) is 11.5 Å². The highest BCUT2D eigenvalue weighted by molar-refractivity contribution is 8.03. The predicted octanol–water partition coefficient (Wildman–Crippen LogP) is 4.87. The smallest absolute Gasteiger partial charge is 0.165 e. The van der Waals surface area contributed by atoms with Gasteiger partial charge >= 0.3 is 0 Å². The fraction of sp³-hybridized carbons (Fsp3) is 0.524. The number of nitrogens with zero attached hydrogens (tertiary/aromatic N) is 1. The summed E-state index contributed by atoms with van der Waals surface area (Å²) in [5.41, 5.74) is 5.54. The van der Waals surface area contributed by atoms with E-state index >= 15 is 0 Å². The summed E-state index contributed by atoms with van der Waals surface area (Å²) < 4.78 is 5.49. The van der Waals surface area contributed by atoms with Gasteiger partial charge < -0.3 is 9.84 Å². The third-order valence-electron chi connectivity index (χ3n) is 5.75. The van der Waals surface area contributed by atoms with E-state index in [1.807, 2.05) is 0 Å². The molecule has 5 heteroatoms. The van der Waals surface area contributed by atoms with Gasteiger partial charge in [-0.1, -0.05) is 17.7 Å². The van der Waals surface area contributed by atoms with Gasteiger partial charge in [-0.15, -0.1) is 23.4 Å². The molecule has 0 radical (unpaired) electrons. The van der Waals surface area contributed by atoms with Crippen molar-refractivity contribution >= 4 is 23.4 Å². The molecule has 1 N–H and O–H groups in total. The van der Waals surface area contributed by atoms with Crippen LogP contribution in [0.2, 0.25) is 0 Å². The first kappa shape index (κ1) is 18.3. The van der Waals surface area contributed by atoms with Gasteiger partial charge in [0, 0.05) is 36.3 Å². The van der Waals surface area contributed by atoms with E-state index < -0.39 is 0 Å². The highest BCUT2D eigenvalue weighted by atomic mass is 35.5. The van der Waals surface area contributed by atoms with E-state index in [0.29, 0.717) is 11.8 Å². The first-order chi connectivity index (χ1) is 12.7. The number of ether oxygens (including phenoxy) is 1. The maximum atomic E-state index is 10.1. The van der Waals surface area contributed by atoms with Crippen molar-refractivity contribution < 1.29 is 9.84 Å². The first-order valence-corrected chi connectivity index (χ1v) is 11.0. The van der Waals surface area contributed by atoms with Crippen molar-refractivity contribution in [1.29, 1.82) is 0 Å². The molecule has 0 unspecified atom stereocenters. The molecule has 1 aromatic rings. The van der Waals surface area contributed by atoms with Crippen molar-refractivity contribution in [3.8, 4) is 11.5 Å². The van der Waals surface area contributed by atoms with Crippen LogP contribution in [0, 0.1) is 0 Å². The van der Waals surface area contributed by atoms with E-state index in [0.717, 1.165) is 50.2 Å². The van der Waals surface area contributed by atoms with Gasteiger partial charge in [-0.25, -0.2) is 0 Å². The van der Waals surface area contributed by atoms with Gasteiger partial charge in [-0.2, -0.15) is 0 Å². The number of aromatic hydroxyl groups is 1. The SMILES string of the molecule is COc1c(O)ccc2c1CN1CCC3=C(C=C(CCCCl)CCS3)[C@@H]1C2. The molecular weight excluding hydrogens is 366 g/mol. The van der Waals surface area contributed by atoms with E-state index in [-0.39, 0.29) is 5.75 Å². The van der Waals surface area contributed by atoms with Crippen LogP contribution in [0.15, 0.2) is 34.3 Å². The highest BCUT2D eigenvalue weighted by Crippen LogP contribution is 2.44. The molecule has 0 amide bonds. The number of hydrogen-bond donors (Lipinski definition) is 1. The minimum Gasteiger partial charge on any atom is -0.504 e. The minimum absolute atomic E-state index is 0.245. The van der Waals surface area contributed by atoms with Crippen LogP contribution in [-0.2, 0) is 13.0 Å². The molecule has 4 rings (SSSR count). The molecule has 1 atom stereocenters. The summed E-state index contributed by atoms with van der Waals surface area (Å²) in [6.45, 7) is 1.93. The second-order valence-electron chi connectivity index (χ2n) is 7.27. The van der Waals surface area contributed by atoms with Gasteiger partial charge in [-0.3, -0.25) is 4.90 Å². The maximum Gasteiger partial charge on any atom is 0.165 e. The van der Waals surface area contributed by atoms with E-state index in [2.05, 4.69) is 28.8 Å². The Morgan fingerprint density at radius 1 is 1.35 bits per heavy atom. The van der Waals surface area contributed by atoms with Crippen molar-refractivity contribution in [3.63, 3.8) is 0 Å². The maximum absolute atomic E-state index is 10.1. The number of benzene rings is 1. The van der Waals surface area contributed by atoms with Gasteiger partial charge in [0.2, 0.25) is 0 Å². The van der Waals surface area contributed by atoms with E-state index in [9.17, 15) is 5.11 Å². The molecule has 0 saturated carbocycles. The number of allylic oxidation sites excluding steroid dienone is 1. The Morgan fingerprint density at radius 2 is 2.23 bits per heavy atom. The van der Waals surface area contributed by atoms with Crippen molar-refractivity contribution in [3.05, 3.63) is 45.4 Å². The third-order valence-corrected chi connectivity index (χ3v) is 7.22. The lowest BCUT2D eigenvalue weighted by atomic mass is 9.85. The summed E-state index contributed by atoms with van der Waals surface area (Å²) in [5.74, 6) is 2.82. The van der Waals surface area contributed by atoms with Gasteiger partial charge in [0.05, 0.1) is 7.11 Å². The zero-order chi connectivity index (χ0) is 18.1. The Bertz CT molecular complexity index is 759. The molecule has 0 fully saturated rings. The fourth-order valence-corrected chi connectivity index (χ4v) is 5.78. The van der Waals surface area contributed by atoms with Gasteiger partial charge in [-0.05, 0) is 54.2 Å². The predicted molar refractivity (Wildman–Crippen MR) is 109 cm³/mol. The average molecular weight is 392 g/mol. The third kappa shape index (κ3) is 3.39. The molecule has 140 valence electrons. The number of hydrogen-bond acceptors (Lipinski definition) is 4. The minimum atomic E-state index is 0.245. The normalized spacial score (nSPS) is 22.8. The Kier molecular flexibility index (Phi) is 5.53. The Labute approximate surface area is 165 Å². The highest BCUT2D eigenvalue weighted by Gasteiger charge is 2.35. The van der Waals surface area contributed by atoms with Gasteiger partial charge in [0.15, 0.2) is 11.5 Å². The Morgan fingerprint density at radius 3 is 3.04 bits per heavy atom. The average Bonchev–Trinajstić information content (AvgIpc) is 2.87. The van der Waals surface area contributed by atoms with Crippen molar-refractivity contribution in [2.24, 2.45) is 0 Å². The molecule has 0 aliphatic carbocycles. The van der Waals surface area contributed by atoms with Gasteiger partial charge in [0.25, 0.3) is 0 Å². The van der Waals surface area contributed by atoms with Crippen LogP contribution >= 0.6 is 23.4 Å². The topological polar surface area (TPSA) is 32.7 Å². The summed E-state index contributed by atoms with van der Waals surface area (Å²) in [6, 6.07) is 4.29. The number of phenols is 1. The second kappa shape index (κ2) is 7.87. The Balaban J connectivity index is 1.68. The number of thioether (sulfide) groups is 1. The Hall–Kier alpha value is -1.10. The van der Waals surface area contributed by atoms with E-state index in [4.69, 9.17) is 16.3 Å².